The van der Waals surface area contributed by atoms with Crippen molar-refractivity contribution in [3.63, 3.8) is 0 Å². The van der Waals surface area contributed by atoms with Gasteiger partial charge in [0.15, 0.2) is 0 Å². The third-order valence-electron chi connectivity index (χ3n) is 3.08. The molecule has 3 N–H and O–H groups in total. The molecule has 0 aromatic rings. The van der Waals surface area contributed by atoms with Crippen molar-refractivity contribution in [1.82, 2.24) is 5.32 Å². The third-order valence-corrected chi connectivity index (χ3v) is 3.08. The smallest absolute Gasteiger partial charge is 0.265 e. The van der Waals surface area contributed by atoms with Crippen LogP contribution in [0.3, 0.4) is 0 Å². The van der Waals surface area contributed by atoms with E-state index in [0.29, 0.717) is 6.42 Å². The van der Waals surface area contributed by atoms with E-state index in [4.69, 9.17) is 5.11 Å². The summed E-state index contributed by atoms with van der Waals surface area (Å²) in [7, 11) is 0. The van der Waals surface area contributed by atoms with Gasteiger partial charge in [-0.1, -0.05) is 13.8 Å². The summed E-state index contributed by atoms with van der Waals surface area (Å²) >= 11 is 0. The highest BCUT2D eigenvalue weighted by atomic mass is 19.3. The van der Waals surface area contributed by atoms with Crippen LogP contribution in [0.15, 0.2) is 0 Å². The molecule has 1 aliphatic carbocycles. The van der Waals surface area contributed by atoms with Gasteiger partial charge < -0.3 is 15.5 Å². The summed E-state index contributed by atoms with van der Waals surface area (Å²) in [6, 6.07) is 0.00546. The molecular weight excluding hydrogens is 192 g/mol. The molecule has 0 aromatic carbocycles. The summed E-state index contributed by atoms with van der Waals surface area (Å²) in [5.41, 5.74) is -0.290. The van der Waals surface area contributed by atoms with Crippen LogP contribution in [0.5, 0.6) is 0 Å². The van der Waals surface area contributed by atoms with Gasteiger partial charge in [0.25, 0.3) is 6.43 Å². The summed E-state index contributed by atoms with van der Waals surface area (Å²) in [6.45, 7) is 3.61. The molecule has 0 saturated heterocycles. The Morgan fingerprint density at radius 2 is 2.07 bits per heavy atom. The van der Waals surface area contributed by atoms with Crippen LogP contribution < -0.4 is 5.32 Å². The van der Waals surface area contributed by atoms with Gasteiger partial charge in [-0.05, 0) is 6.42 Å². The molecule has 0 spiro atoms. The minimum atomic E-state index is -2.71. The fraction of sp³-hybridized carbons (Fsp3) is 1.00. The van der Waals surface area contributed by atoms with Crippen LogP contribution in [0, 0.1) is 5.41 Å². The van der Waals surface area contributed by atoms with Crippen molar-refractivity contribution in [3.8, 4) is 0 Å². The fourth-order valence-electron chi connectivity index (χ4n) is 1.60. The average molecular weight is 209 g/mol. The zero-order valence-electron chi connectivity index (χ0n) is 8.37. The molecule has 1 rings (SSSR count). The van der Waals surface area contributed by atoms with Gasteiger partial charge >= 0.3 is 0 Å². The lowest BCUT2D eigenvalue weighted by atomic mass is 9.64. The van der Waals surface area contributed by atoms with Crippen molar-refractivity contribution in [2.75, 3.05) is 6.54 Å². The Bertz CT molecular complexity index is 199. The van der Waals surface area contributed by atoms with Crippen LogP contribution in [-0.2, 0) is 0 Å². The Labute approximate surface area is 82.1 Å². The van der Waals surface area contributed by atoms with E-state index >= 15 is 0 Å². The topological polar surface area (TPSA) is 52.5 Å². The molecule has 0 amide bonds. The fourth-order valence-corrected chi connectivity index (χ4v) is 1.60. The maximum absolute atomic E-state index is 11.9. The van der Waals surface area contributed by atoms with E-state index < -0.39 is 12.5 Å². The molecule has 0 aromatic heterocycles. The lowest BCUT2D eigenvalue weighted by Gasteiger charge is -2.49. The van der Waals surface area contributed by atoms with Gasteiger partial charge in [0, 0.05) is 18.0 Å². The number of hydrogen-bond acceptors (Lipinski definition) is 3. The van der Waals surface area contributed by atoms with Crippen molar-refractivity contribution in [1.29, 1.82) is 0 Å². The highest BCUT2D eigenvalue weighted by molar-refractivity contribution is 5.01. The number of alkyl halides is 2. The first-order valence-corrected chi connectivity index (χ1v) is 4.73. The van der Waals surface area contributed by atoms with Crippen LogP contribution in [-0.4, -0.2) is 41.4 Å². The molecule has 1 fully saturated rings. The predicted octanol–water partition coefficient (Wildman–Crippen LogP) is 0.361. The van der Waals surface area contributed by atoms with E-state index in [1.807, 2.05) is 13.8 Å². The van der Waals surface area contributed by atoms with Gasteiger partial charge in [0.2, 0.25) is 0 Å². The molecule has 3 atom stereocenters. The van der Waals surface area contributed by atoms with Crippen molar-refractivity contribution in [3.05, 3.63) is 0 Å². The van der Waals surface area contributed by atoms with Gasteiger partial charge in [0.1, 0.15) is 6.10 Å². The standard InChI is InChI=1S/C9H17F2NO2/c1-9(2)6(3-7(9)14)12-4-5(13)8(10)11/h5-8,12-14H,3-4H2,1-2H3. The predicted molar refractivity (Wildman–Crippen MR) is 48.2 cm³/mol. The first-order valence-electron chi connectivity index (χ1n) is 4.73. The second-order valence-corrected chi connectivity index (χ2v) is 4.44. The normalized spacial score (nSPS) is 32.8. The van der Waals surface area contributed by atoms with Crippen LogP contribution in [0.25, 0.3) is 0 Å². The third kappa shape index (κ3) is 2.21. The molecule has 0 bridgehead atoms. The first kappa shape index (κ1) is 11.8. The quantitative estimate of drug-likeness (QED) is 0.626. The molecule has 0 aliphatic heterocycles. The summed E-state index contributed by atoms with van der Waals surface area (Å²) in [5, 5.41) is 21.1. The number of halogens is 2. The SMILES string of the molecule is CC1(C)C(O)CC1NCC(O)C(F)F. The van der Waals surface area contributed by atoms with E-state index in [9.17, 15) is 13.9 Å². The van der Waals surface area contributed by atoms with Crippen LogP contribution in [0.2, 0.25) is 0 Å². The first-order chi connectivity index (χ1) is 6.35. The highest BCUT2D eigenvalue weighted by Crippen LogP contribution is 2.40. The van der Waals surface area contributed by atoms with E-state index in [0.717, 1.165) is 0 Å². The molecular formula is C9H17F2NO2. The van der Waals surface area contributed by atoms with Gasteiger partial charge in [-0.3, -0.25) is 0 Å². The van der Waals surface area contributed by atoms with Crippen molar-refractivity contribution < 1.29 is 19.0 Å². The van der Waals surface area contributed by atoms with Crippen molar-refractivity contribution >= 4 is 0 Å². The Hall–Kier alpha value is -0.260. The molecule has 84 valence electrons. The molecule has 1 aliphatic rings. The molecule has 0 heterocycles. The molecule has 14 heavy (non-hydrogen) atoms. The minimum absolute atomic E-state index is 0.00546. The van der Waals surface area contributed by atoms with Gasteiger partial charge in [0.05, 0.1) is 6.10 Å². The molecule has 3 nitrogen and oxygen atoms in total. The summed E-state index contributed by atoms with van der Waals surface area (Å²) < 4.78 is 23.9. The largest absolute Gasteiger partial charge is 0.392 e. The Morgan fingerprint density at radius 1 is 1.50 bits per heavy atom. The Balaban J connectivity index is 2.27. The molecule has 0 radical (unpaired) electrons. The second kappa shape index (κ2) is 4.08. The van der Waals surface area contributed by atoms with Gasteiger partial charge in [-0.2, -0.15) is 0 Å². The monoisotopic (exact) mass is 209 g/mol. The number of hydrogen-bond donors (Lipinski definition) is 3. The lowest BCUT2D eigenvalue weighted by Crippen LogP contribution is -2.61. The van der Waals surface area contributed by atoms with Crippen LogP contribution >= 0.6 is 0 Å². The van der Waals surface area contributed by atoms with Crippen molar-refractivity contribution in [2.24, 2.45) is 5.41 Å². The lowest BCUT2D eigenvalue weighted by molar-refractivity contribution is -0.0800. The van der Waals surface area contributed by atoms with E-state index in [1.54, 1.807) is 0 Å². The maximum Gasteiger partial charge on any atom is 0.265 e. The molecule has 5 heteroatoms. The maximum atomic E-state index is 11.9. The average Bonchev–Trinajstić information content (AvgIpc) is 2.11. The zero-order chi connectivity index (χ0) is 10.9. The Kier molecular flexibility index (Phi) is 3.44. The van der Waals surface area contributed by atoms with E-state index in [-0.39, 0.29) is 24.1 Å². The highest BCUT2D eigenvalue weighted by Gasteiger charge is 2.47. The number of rotatable bonds is 4. The van der Waals surface area contributed by atoms with Gasteiger partial charge in [-0.25, -0.2) is 8.78 Å². The summed E-state index contributed by atoms with van der Waals surface area (Å²) in [5.74, 6) is 0. The van der Waals surface area contributed by atoms with Crippen LogP contribution in [0.4, 0.5) is 8.78 Å². The number of nitrogens with one attached hydrogen (secondary N) is 1. The number of aliphatic hydroxyl groups excluding tert-OH is 2. The zero-order valence-corrected chi connectivity index (χ0v) is 8.37. The molecule has 3 unspecified atom stereocenters. The molecule has 1 saturated carbocycles. The summed E-state index contributed by atoms with van der Waals surface area (Å²) in [4.78, 5) is 0. The summed E-state index contributed by atoms with van der Waals surface area (Å²) in [6.07, 6.45) is -4.16. The van der Waals surface area contributed by atoms with Gasteiger partial charge in [-0.15, -0.1) is 0 Å². The Morgan fingerprint density at radius 3 is 2.43 bits per heavy atom. The minimum Gasteiger partial charge on any atom is -0.392 e. The second-order valence-electron chi connectivity index (χ2n) is 4.44. The van der Waals surface area contributed by atoms with Crippen molar-refractivity contribution in [2.45, 2.75) is 44.9 Å². The van der Waals surface area contributed by atoms with Crippen LogP contribution in [0.1, 0.15) is 20.3 Å². The van der Waals surface area contributed by atoms with E-state index in [1.165, 1.54) is 0 Å². The number of aliphatic hydroxyl groups is 2. The van der Waals surface area contributed by atoms with E-state index in [2.05, 4.69) is 5.32 Å².